The third kappa shape index (κ3) is 9.56. The minimum atomic E-state index is -1.07. The van der Waals surface area contributed by atoms with Crippen LogP contribution < -0.4 is 16.1 Å². The van der Waals surface area contributed by atoms with Gasteiger partial charge in [0.15, 0.2) is 0 Å². The van der Waals surface area contributed by atoms with E-state index in [9.17, 15) is 24.0 Å². The van der Waals surface area contributed by atoms with Crippen molar-refractivity contribution in [3.05, 3.63) is 58.2 Å². The number of rotatable bonds is 8. The summed E-state index contributed by atoms with van der Waals surface area (Å²) >= 11 is 1.42. The van der Waals surface area contributed by atoms with Gasteiger partial charge in [-0.1, -0.05) is 47.6 Å². The topological polar surface area (TPSA) is 184 Å². The van der Waals surface area contributed by atoms with Crippen LogP contribution in [0.5, 0.6) is 0 Å². The van der Waals surface area contributed by atoms with Gasteiger partial charge in [0, 0.05) is 97.8 Å². The zero-order chi connectivity index (χ0) is 47.2. The van der Waals surface area contributed by atoms with Crippen molar-refractivity contribution in [2.45, 2.75) is 124 Å². The molecule has 16 nitrogen and oxygen atoms in total. The number of piperazine rings is 1. The van der Waals surface area contributed by atoms with Gasteiger partial charge < -0.3 is 34.6 Å². The molecule has 0 spiro atoms. The van der Waals surface area contributed by atoms with Crippen LogP contribution in [0.2, 0.25) is 0 Å². The number of benzene rings is 1. The number of hydrazine groups is 1. The number of pyridine rings is 1. The first kappa shape index (κ1) is 47.1. The van der Waals surface area contributed by atoms with Crippen LogP contribution in [0.15, 0.2) is 41.9 Å². The highest BCUT2D eigenvalue weighted by atomic mass is 32.1. The van der Waals surface area contributed by atoms with Crippen LogP contribution in [0, 0.1) is 11.3 Å². The van der Waals surface area contributed by atoms with Crippen molar-refractivity contribution in [2.24, 2.45) is 11.3 Å². The quantitative estimate of drug-likeness (QED) is 0.157. The van der Waals surface area contributed by atoms with Crippen LogP contribution in [0.25, 0.3) is 33.4 Å². The lowest BCUT2D eigenvalue weighted by molar-refractivity contribution is -0.155. The Labute approximate surface area is 391 Å². The zero-order valence-electron chi connectivity index (χ0n) is 39.8. The van der Waals surface area contributed by atoms with E-state index in [4.69, 9.17) is 14.7 Å². The summed E-state index contributed by atoms with van der Waals surface area (Å²) in [5.74, 6) is -1.40. The van der Waals surface area contributed by atoms with Crippen molar-refractivity contribution in [3.8, 4) is 22.5 Å². The summed E-state index contributed by atoms with van der Waals surface area (Å²) in [5.41, 5.74) is 9.81. The lowest BCUT2D eigenvalue weighted by Crippen LogP contribution is -2.63. The Kier molecular flexibility index (Phi) is 13.6. The van der Waals surface area contributed by atoms with Gasteiger partial charge >= 0.3 is 12.0 Å². The largest absolute Gasteiger partial charge is 0.464 e. The number of hydrogen-bond acceptors (Lipinski definition) is 11. The molecule has 3 N–H and O–H groups in total. The molecule has 5 amide bonds. The number of likely N-dealkylation sites (N-methyl/N-ethyl adjacent to an activating group) is 1. The van der Waals surface area contributed by atoms with Gasteiger partial charge in [0.2, 0.25) is 11.8 Å². The highest BCUT2D eigenvalue weighted by molar-refractivity contribution is 7.10. The van der Waals surface area contributed by atoms with E-state index in [0.717, 1.165) is 51.2 Å². The molecule has 0 aliphatic carbocycles. The number of fused-ring (bicyclic) bond motifs is 6. The Morgan fingerprint density at radius 2 is 1.86 bits per heavy atom. The lowest BCUT2D eigenvalue weighted by atomic mass is 9.84. The summed E-state index contributed by atoms with van der Waals surface area (Å²) in [5, 5.41) is 11.3. The number of cyclic esters (lactones) is 1. The molecule has 3 fully saturated rings. The number of carbonyl (C=O) groups is 5. The fraction of sp³-hybridized carbons (Fsp3) is 0.571. The second-order valence-electron chi connectivity index (χ2n) is 19.9. The maximum atomic E-state index is 14.7. The predicted molar refractivity (Wildman–Crippen MR) is 254 cm³/mol. The minimum absolute atomic E-state index is 0.0485. The van der Waals surface area contributed by atoms with Gasteiger partial charge in [-0.3, -0.25) is 29.2 Å². The van der Waals surface area contributed by atoms with E-state index in [1.165, 1.54) is 21.2 Å². The van der Waals surface area contributed by atoms with Crippen molar-refractivity contribution in [1.82, 2.24) is 50.3 Å². The molecule has 5 atom stereocenters. The molecule has 6 bridgehead atoms. The van der Waals surface area contributed by atoms with Crippen molar-refractivity contribution in [1.29, 1.82) is 0 Å². The molecule has 0 radical (unpaired) electrons. The van der Waals surface area contributed by atoms with Crippen molar-refractivity contribution in [3.63, 3.8) is 0 Å². The first-order valence-corrected chi connectivity index (χ1v) is 24.5. The van der Waals surface area contributed by atoms with Crippen LogP contribution in [0.4, 0.5) is 4.79 Å². The molecule has 4 aromatic rings. The molecule has 3 aromatic heterocycles. The Bertz CT molecular complexity index is 2490. The van der Waals surface area contributed by atoms with E-state index in [0.29, 0.717) is 57.0 Å². The number of thiazole rings is 1. The van der Waals surface area contributed by atoms with Gasteiger partial charge in [0.05, 0.1) is 34.7 Å². The van der Waals surface area contributed by atoms with Gasteiger partial charge in [-0.05, 0) is 74.8 Å². The van der Waals surface area contributed by atoms with Crippen LogP contribution in [-0.4, -0.2) is 141 Å². The maximum absolute atomic E-state index is 14.7. The third-order valence-corrected chi connectivity index (χ3v) is 14.3. The number of carbonyl (C=O) groups excluding carboxylic acids is 5. The van der Waals surface area contributed by atoms with Gasteiger partial charge in [0.1, 0.15) is 18.1 Å². The summed E-state index contributed by atoms with van der Waals surface area (Å²) in [6, 6.07) is 7.17. The number of aryl methyl sites for hydroxylation is 1. The van der Waals surface area contributed by atoms with E-state index in [1.54, 1.807) is 11.9 Å². The second kappa shape index (κ2) is 19.1. The zero-order valence-corrected chi connectivity index (χ0v) is 40.7. The second-order valence-corrected chi connectivity index (χ2v) is 20.9. The molecule has 1 aromatic carbocycles. The maximum Gasteiger partial charge on any atom is 0.324 e. The summed E-state index contributed by atoms with van der Waals surface area (Å²) in [6.45, 7) is 19.4. The van der Waals surface area contributed by atoms with Gasteiger partial charge in [-0.15, -0.1) is 11.3 Å². The predicted octanol–water partition coefficient (Wildman–Crippen LogP) is 5.20. The lowest BCUT2D eigenvalue weighted by Gasteiger charge is -2.42. The average Bonchev–Trinajstić information content (AvgIpc) is 3.97. The molecule has 4 aliphatic rings. The molecule has 3 saturated heterocycles. The number of nitrogens with one attached hydrogen (secondary N) is 3. The molecule has 4 aliphatic heterocycles. The number of nitrogens with zero attached hydrogens (tertiary/aromatic N) is 7. The molecular weight excluding hydrogens is 857 g/mol. The molecule has 66 heavy (non-hydrogen) atoms. The molecular formula is C49H66N10O6S. The molecule has 8 rings (SSSR count). The summed E-state index contributed by atoms with van der Waals surface area (Å²) < 4.78 is 8.48. The highest BCUT2D eigenvalue weighted by Crippen LogP contribution is 2.42. The molecule has 7 heterocycles. The van der Waals surface area contributed by atoms with Gasteiger partial charge in [-0.2, -0.15) is 0 Å². The van der Waals surface area contributed by atoms with Gasteiger partial charge in [-0.25, -0.2) is 15.2 Å². The summed E-state index contributed by atoms with van der Waals surface area (Å²) in [6.07, 6.45) is 3.59. The molecule has 0 unspecified atom stereocenters. The smallest absolute Gasteiger partial charge is 0.324 e. The number of amides is 5. The van der Waals surface area contributed by atoms with Crippen LogP contribution in [0.1, 0.15) is 90.4 Å². The van der Waals surface area contributed by atoms with E-state index in [1.807, 2.05) is 43.3 Å². The Balaban J connectivity index is 1.12. The SMILES string of the molecule is CCn1c(-c2cccnc2C(C)C)c2c3cc(ccc31)-c1csc(n1)C[C@H](NC(=O)[C@H](C(C)C)N(C)C(=O)N1CCN(C(=O)[C@@H]3CN3)[C@H](C)C1)C(=O)N1CCC[C@H](N1)C(=O)OCC(C)(C)C2. The first-order chi connectivity index (χ1) is 31.5. The first-order valence-electron chi connectivity index (χ1n) is 23.6. The monoisotopic (exact) mass is 922 g/mol. The standard InChI is InChI=1S/C49H66N10O6S/c1-10-57-39-16-15-31-21-33(39)34(43(57)32-13-11-17-50-41(32)28(2)3)23-49(7,8)27-65-47(63)35-14-12-18-59(54-35)46(62)36(22-40-52-38(31)26-66-40)53-44(60)42(29(4)5)55(9)48(64)56-19-20-58(30(6)25-56)45(61)37-24-51-37/h11,13,15-17,21,26,28-30,35-37,42,51,54H,10,12,14,18-20,22-25,27H2,1-9H3,(H,53,60)/t30-,35+,36+,37+,42+/m1/s1. The number of esters is 1. The normalized spacial score (nSPS) is 22.9. The van der Waals surface area contributed by atoms with E-state index in [-0.39, 0.29) is 48.9 Å². The minimum Gasteiger partial charge on any atom is -0.464 e. The average molecular weight is 923 g/mol. The van der Waals surface area contributed by atoms with Crippen molar-refractivity contribution < 1.29 is 28.7 Å². The number of hydrogen-bond donors (Lipinski definition) is 3. The fourth-order valence-electron chi connectivity index (χ4n) is 10.0. The Morgan fingerprint density at radius 1 is 1.09 bits per heavy atom. The molecule has 0 saturated carbocycles. The Hall–Kier alpha value is -5.39. The van der Waals surface area contributed by atoms with E-state index >= 15 is 0 Å². The summed E-state index contributed by atoms with van der Waals surface area (Å²) in [7, 11) is 1.62. The van der Waals surface area contributed by atoms with Gasteiger partial charge in [0.25, 0.3) is 5.91 Å². The number of urea groups is 1. The van der Waals surface area contributed by atoms with Crippen LogP contribution in [0.3, 0.4) is 0 Å². The van der Waals surface area contributed by atoms with E-state index < -0.39 is 41.3 Å². The molecule has 17 heteroatoms. The Morgan fingerprint density at radius 3 is 2.56 bits per heavy atom. The number of ether oxygens (including phenoxy) is 1. The third-order valence-electron chi connectivity index (χ3n) is 13.5. The number of aromatic nitrogens is 3. The van der Waals surface area contributed by atoms with E-state index in [2.05, 4.69) is 79.5 Å². The summed E-state index contributed by atoms with van der Waals surface area (Å²) in [4.78, 5) is 84.9. The molecule has 354 valence electrons. The fourth-order valence-corrected chi connectivity index (χ4v) is 10.9. The van der Waals surface area contributed by atoms with Crippen LogP contribution in [-0.2, 0) is 43.3 Å². The van der Waals surface area contributed by atoms with Crippen molar-refractivity contribution in [2.75, 3.05) is 46.4 Å². The highest BCUT2D eigenvalue weighted by Gasteiger charge is 2.41. The van der Waals surface area contributed by atoms with Crippen LogP contribution >= 0.6 is 11.3 Å². The van der Waals surface area contributed by atoms with Crippen molar-refractivity contribution >= 4 is 52.0 Å².